The summed E-state index contributed by atoms with van der Waals surface area (Å²) in [6, 6.07) is 15.4. The van der Waals surface area contributed by atoms with Gasteiger partial charge in [0.2, 0.25) is 5.89 Å². The molecule has 140 valence electrons. The molecule has 0 aliphatic rings. The van der Waals surface area contributed by atoms with E-state index >= 15 is 0 Å². The van der Waals surface area contributed by atoms with Crippen LogP contribution < -0.4 is 4.74 Å². The van der Waals surface area contributed by atoms with E-state index < -0.39 is 4.92 Å². The maximum Gasteiger partial charge on any atom is 0.270 e. The van der Waals surface area contributed by atoms with Crippen molar-refractivity contribution in [1.29, 1.82) is 0 Å². The van der Waals surface area contributed by atoms with Crippen LogP contribution in [0.15, 0.2) is 64.4 Å². The topological polar surface area (TPSA) is 91.3 Å². The molecule has 2 aromatic heterocycles. The van der Waals surface area contributed by atoms with Crippen LogP contribution in [0.25, 0.3) is 21.9 Å². The molecular weight excluding hydrogens is 402 g/mol. The fraction of sp³-hybridized carbons (Fsp3) is 0.0526. The summed E-state index contributed by atoms with van der Waals surface area (Å²) in [7, 11) is 0. The minimum atomic E-state index is -0.436. The summed E-state index contributed by atoms with van der Waals surface area (Å²) in [5.41, 5.74) is 1.27. The zero-order chi connectivity index (χ0) is 19.5. The van der Waals surface area contributed by atoms with Crippen molar-refractivity contribution in [3.8, 4) is 27.6 Å². The second kappa shape index (κ2) is 7.79. The van der Waals surface area contributed by atoms with E-state index in [1.54, 1.807) is 18.2 Å². The standard InChI is InChI=1S/C19H12ClN3O4S/c20-15-5-2-1-4-13(15)19-22-21-18(27-19)11-26-16-8-7-12(23(24)25)10-14(16)17-6-3-9-28-17/h1-10H,11H2. The number of thiophene rings is 1. The Labute approximate surface area is 168 Å². The van der Waals surface area contributed by atoms with Crippen molar-refractivity contribution in [1.82, 2.24) is 10.2 Å². The Balaban J connectivity index is 1.57. The number of hydrogen-bond donors (Lipinski definition) is 0. The Morgan fingerprint density at radius 2 is 1.96 bits per heavy atom. The average Bonchev–Trinajstić information content (AvgIpc) is 3.39. The van der Waals surface area contributed by atoms with Crippen molar-refractivity contribution in [3.63, 3.8) is 0 Å². The summed E-state index contributed by atoms with van der Waals surface area (Å²) >= 11 is 7.61. The molecule has 0 unspecified atom stereocenters. The molecule has 0 aliphatic carbocycles. The van der Waals surface area contributed by atoms with Gasteiger partial charge in [-0.15, -0.1) is 21.5 Å². The predicted octanol–water partition coefficient (Wildman–Crippen LogP) is 5.61. The first-order chi connectivity index (χ1) is 13.6. The summed E-state index contributed by atoms with van der Waals surface area (Å²) in [6.07, 6.45) is 0. The van der Waals surface area contributed by atoms with E-state index in [0.717, 1.165) is 4.88 Å². The molecule has 2 aromatic carbocycles. The number of hydrogen-bond acceptors (Lipinski definition) is 7. The van der Waals surface area contributed by atoms with Crippen molar-refractivity contribution in [2.45, 2.75) is 6.61 Å². The molecule has 0 saturated carbocycles. The van der Waals surface area contributed by atoms with Crippen molar-refractivity contribution in [3.05, 3.63) is 81.0 Å². The number of halogens is 1. The molecule has 0 aliphatic heterocycles. The Morgan fingerprint density at radius 3 is 2.71 bits per heavy atom. The van der Waals surface area contributed by atoms with Crippen LogP contribution in [0.3, 0.4) is 0 Å². The van der Waals surface area contributed by atoms with Gasteiger partial charge in [-0.05, 0) is 29.6 Å². The highest BCUT2D eigenvalue weighted by molar-refractivity contribution is 7.13. The molecule has 0 bridgehead atoms. The highest BCUT2D eigenvalue weighted by Gasteiger charge is 2.16. The van der Waals surface area contributed by atoms with Gasteiger partial charge in [-0.3, -0.25) is 10.1 Å². The second-order valence-corrected chi connectivity index (χ2v) is 7.04. The van der Waals surface area contributed by atoms with Gasteiger partial charge in [0.15, 0.2) is 6.61 Å². The molecule has 0 amide bonds. The van der Waals surface area contributed by atoms with Gasteiger partial charge < -0.3 is 9.15 Å². The van der Waals surface area contributed by atoms with Crippen molar-refractivity contribution in [2.24, 2.45) is 0 Å². The summed E-state index contributed by atoms with van der Waals surface area (Å²) in [6.45, 7) is 0.0215. The van der Waals surface area contributed by atoms with Gasteiger partial charge in [-0.2, -0.15) is 0 Å². The first-order valence-electron chi connectivity index (χ1n) is 8.14. The predicted molar refractivity (Wildman–Crippen MR) is 105 cm³/mol. The lowest BCUT2D eigenvalue weighted by molar-refractivity contribution is -0.384. The summed E-state index contributed by atoms with van der Waals surface area (Å²) in [5.74, 6) is 1.06. The number of nitrogens with zero attached hydrogens (tertiary/aromatic N) is 3. The lowest BCUT2D eigenvalue weighted by Gasteiger charge is -2.09. The SMILES string of the molecule is O=[N+]([O-])c1ccc(OCc2nnc(-c3ccccc3Cl)o2)c(-c2cccs2)c1. The quantitative estimate of drug-likeness (QED) is 0.301. The van der Waals surface area contributed by atoms with E-state index in [9.17, 15) is 10.1 Å². The summed E-state index contributed by atoms with van der Waals surface area (Å²) < 4.78 is 11.4. The van der Waals surface area contributed by atoms with Crippen LogP contribution in [0.4, 0.5) is 5.69 Å². The molecule has 2 heterocycles. The second-order valence-electron chi connectivity index (χ2n) is 5.68. The first-order valence-corrected chi connectivity index (χ1v) is 9.40. The monoisotopic (exact) mass is 413 g/mol. The molecule has 9 heteroatoms. The van der Waals surface area contributed by atoms with Crippen LogP contribution in [0.1, 0.15) is 5.89 Å². The Kier molecular flexibility index (Phi) is 5.05. The molecule has 28 heavy (non-hydrogen) atoms. The van der Waals surface area contributed by atoms with E-state index in [1.165, 1.54) is 23.5 Å². The van der Waals surface area contributed by atoms with E-state index in [0.29, 0.717) is 27.8 Å². The van der Waals surface area contributed by atoms with E-state index in [-0.39, 0.29) is 18.2 Å². The molecule has 4 rings (SSSR count). The number of benzene rings is 2. The highest BCUT2D eigenvalue weighted by Crippen LogP contribution is 2.36. The van der Waals surface area contributed by atoms with E-state index in [2.05, 4.69) is 10.2 Å². The normalized spacial score (nSPS) is 10.8. The van der Waals surface area contributed by atoms with Gasteiger partial charge in [0, 0.05) is 22.6 Å². The van der Waals surface area contributed by atoms with Gasteiger partial charge >= 0.3 is 0 Å². The van der Waals surface area contributed by atoms with Crippen molar-refractivity contribution >= 4 is 28.6 Å². The zero-order valence-corrected chi connectivity index (χ0v) is 15.8. The highest BCUT2D eigenvalue weighted by atomic mass is 35.5. The zero-order valence-electron chi connectivity index (χ0n) is 14.2. The Hall–Kier alpha value is -3.23. The molecule has 0 atom stereocenters. The number of ether oxygens (including phenoxy) is 1. The number of non-ortho nitro benzene ring substituents is 1. The third-order valence-electron chi connectivity index (χ3n) is 3.88. The summed E-state index contributed by atoms with van der Waals surface area (Å²) in [4.78, 5) is 11.5. The van der Waals surface area contributed by atoms with E-state index in [4.69, 9.17) is 20.8 Å². The van der Waals surface area contributed by atoms with Crippen LogP contribution in [-0.2, 0) is 6.61 Å². The van der Waals surface area contributed by atoms with Gasteiger partial charge in [0.1, 0.15) is 5.75 Å². The lowest BCUT2D eigenvalue weighted by atomic mass is 10.1. The van der Waals surface area contributed by atoms with Gasteiger partial charge in [-0.25, -0.2) is 0 Å². The van der Waals surface area contributed by atoms with Gasteiger partial charge in [-0.1, -0.05) is 29.8 Å². The Bertz CT molecular complexity index is 1130. The molecular formula is C19H12ClN3O4S. The minimum absolute atomic E-state index is 0.00505. The minimum Gasteiger partial charge on any atom is -0.483 e. The largest absolute Gasteiger partial charge is 0.483 e. The number of nitro benzene ring substituents is 1. The first kappa shape index (κ1) is 18.1. The van der Waals surface area contributed by atoms with Crippen LogP contribution >= 0.6 is 22.9 Å². The Morgan fingerprint density at radius 1 is 1.11 bits per heavy atom. The fourth-order valence-corrected chi connectivity index (χ4v) is 3.54. The van der Waals surface area contributed by atoms with Crippen molar-refractivity contribution in [2.75, 3.05) is 0 Å². The fourth-order valence-electron chi connectivity index (χ4n) is 2.58. The molecule has 0 saturated heterocycles. The van der Waals surface area contributed by atoms with Gasteiger partial charge in [0.25, 0.3) is 11.6 Å². The van der Waals surface area contributed by atoms with Crippen LogP contribution in [-0.4, -0.2) is 15.1 Å². The molecule has 0 spiro atoms. The smallest absolute Gasteiger partial charge is 0.270 e. The number of nitro groups is 1. The third-order valence-corrected chi connectivity index (χ3v) is 5.12. The number of rotatable bonds is 6. The lowest BCUT2D eigenvalue weighted by Crippen LogP contribution is -1.98. The van der Waals surface area contributed by atoms with E-state index in [1.807, 2.05) is 29.6 Å². The van der Waals surface area contributed by atoms with Crippen LogP contribution in [0.2, 0.25) is 5.02 Å². The maximum atomic E-state index is 11.1. The average molecular weight is 414 g/mol. The molecule has 4 aromatic rings. The number of aromatic nitrogens is 2. The molecule has 0 N–H and O–H groups in total. The van der Waals surface area contributed by atoms with Crippen molar-refractivity contribution < 1.29 is 14.1 Å². The van der Waals surface area contributed by atoms with Crippen LogP contribution in [0.5, 0.6) is 5.75 Å². The maximum absolute atomic E-state index is 11.1. The third kappa shape index (κ3) is 3.73. The molecule has 0 fully saturated rings. The van der Waals surface area contributed by atoms with Crippen LogP contribution in [0, 0.1) is 10.1 Å². The molecule has 7 nitrogen and oxygen atoms in total. The van der Waals surface area contributed by atoms with Gasteiger partial charge in [0.05, 0.1) is 15.5 Å². The molecule has 0 radical (unpaired) electrons. The summed E-state index contributed by atoms with van der Waals surface area (Å²) in [5, 5.41) is 21.5.